The third kappa shape index (κ3) is 2.31. The lowest BCUT2D eigenvalue weighted by Crippen LogP contribution is -2.35. The van der Waals surface area contributed by atoms with Gasteiger partial charge in [-0.15, -0.1) is 0 Å². The van der Waals surface area contributed by atoms with Crippen molar-refractivity contribution >= 4 is 0 Å². The van der Waals surface area contributed by atoms with E-state index in [1.54, 1.807) is 0 Å². The standard InChI is InChI=1S/C8H12N2O.C2H6/c1-8(2)6-10-4-3-9-7(10)5-11-8;1-2/h3-4H,5-6H2,1-2H3;1-2H3. The van der Waals surface area contributed by atoms with Gasteiger partial charge >= 0.3 is 0 Å². The fourth-order valence-corrected chi connectivity index (χ4v) is 1.34. The molecule has 0 fully saturated rings. The minimum atomic E-state index is -0.0340. The van der Waals surface area contributed by atoms with Crippen LogP contribution in [0.25, 0.3) is 0 Å². The van der Waals surface area contributed by atoms with E-state index in [0.29, 0.717) is 6.61 Å². The van der Waals surface area contributed by atoms with Gasteiger partial charge in [0.1, 0.15) is 12.4 Å². The Hall–Kier alpha value is -0.830. The van der Waals surface area contributed by atoms with Crippen LogP contribution in [0.3, 0.4) is 0 Å². The van der Waals surface area contributed by atoms with Crippen molar-refractivity contribution in [3.05, 3.63) is 18.2 Å². The van der Waals surface area contributed by atoms with Gasteiger partial charge in [-0.1, -0.05) is 13.8 Å². The lowest BCUT2D eigenvalue weighted by atomic mass is 10.1. The Labute approximate surface area is 79.7 Å². The predicted octanol–water partition coefficient (Wildman–Crippen LogP) is 2.22. The van der Waals surface area contributed by atoms with E-state index in [9.17, 15) is 0 Å². The third-order valence-corrected chi connectivity index (χ3v) is 1.94. The van der Waals surface area contributed by atoms with E-state index in [0.717, 1.165) is 12.4 Å². The summed E-state index contributed by atoms with van der Waals surface area (Å²) in [5.74, 6) is 1.03. The van der Waals surface area contributed by atoms with E-state index in [2.05, 4.69) is 23.4 Å². The van der Waals surface area contributed by atoms with Crippen LogP contribution in [-0.4, -0.2) is 15.2 Å². The number of imidazole rings is 1. The zero-order valence-corrected chi connectivity index (χ0v) is 8.87. The van der Waals surface area contributed by atoms with Crippen molar-refractivity contribution in [1.82, 2.24) is 9.55 Å². The molecule has 1 aromatic heterocycles. The van der Waals surface area contributed by atoms with Gasteiger partial charge in [-0.2, -0.15) is 0 Å². The van der Waals surface area contributed by atoms with Crippen LogP contribution in [0.2, 0.25) is 0 Å². The first kappa shape index (κ1) is 10.3. The maximum atomic E-state index is 5.57. The molecule has 0 radical (unpaired) electrons. The fraction of sp³-hybridized carbons (Fsp3) is 0.700. The van der Waals surface area contributed by atoms with E-state index < -0.39 is 0 Å². The molecule has 1 aliphatic heterocycles. The van der Waals surface area contributed by atoms with Crippen molar-refractivity contribution in [3.8, 4) is 0 Å². The average Bonchev–Trinajstić information content (AvgIpc) is 2.53. The Bertz CT molecular complexity index is 266. The Balaban J connectivity index is 0.000000396. The van der Waals surface area contributed by atoms with Crippen molar-refractivity contribution in [2.24, 2.45) is 0 Å². The zero-order chi connectivity index (χ0) is 9.90. The monoisotopic (exact) mass is 182 g/mol. The van der Waals surface area contributed by atoms with Crippen LogP contribution in [0.4, 0.5) is 0 Å². The molecule has 0 atom stereocenters. The Kier molecular flexibility index (Phi) is 3.09. The van der Waals surface area contributed by atoms with Crippen LogP contribution in [0.1, 0.15) is 33.5 Å². The summed E-state index contributed by atoms with van der Waals surface area (Å²) in [5.41, 5.74) is -0.0340. The second kappa shape index (κ2) is 3.92. The van der Waals surface area contributed by atoms with Crippen molar-refractivity contribution < 1.29 is 4.74 Å². The van der Waals surface area contributed by atoms with Crippen LogP contribution in [-0.2, 0) is 17.9 Å². The molecule has 13 heavy (non-hydrogen) atoms. The highest BCUT2D eigenvalue weighted by molar-refractivity contribution is 4.95. The number of nitrogens with zero attached hydrogens (tertiary/aromatic N) is 2. The van der Waals surface area contributed by atoms with Gasteiger partial charge in [-0.25, -0.2) is 4.98 Å². The summed E-state index contributed by atoms with van der Waals surface area (Å²) < 4.78 is 7.71. The second-order valence-corrected chi connectivity index (χ2v) is 3.52. The van der Waals surface area contributed by atoms with Crippen LogP contribution in [0.5, 0.6) is 0 Å². The van der Waals surface area contributed by atoms with E-state index in [4.69, 9.17) is 4.74 Å². The van der Waals surface area contributed by atoms with Gasteiger partial charge in [-0.05, 0) is 13.8 Å². The van der Waals surface area contributed by atoms with Gasteiger partial charge < -0.3 is 9.30 Å². The molecule has 0 bridgehead atoms. The first-order valence-electron chi connectivity index (χ1n) is 4.81. The molecule has 1 aromatic rings. The molecule has 0 unspecified atom stereocenters. The number of ether oxygens (including phenoxy) is 1. The van der Waals surface area contributed by atoms with Gasteiger partial charge in [0.2, 0.25) is 0 Å². The van der Waals surface area contributed by atoms with Crippen molar-refractivity contribution in [1.29, 1.82) is 0 Å². The first-order valence-corrected chi connectivity index (χ1v) is 4.81. The summed E-state index contributed by atoms with van der Waals surface area (Å²) in [5, 5.41) is 0. The van der Waals surface area contributed by atoms with Gasteiger partial charge in [0.05, 0.1) is 12.1 Å². The highest BCUT2D eigenvalue weighted by Gasteiger charge is 2.25. The molecule has 0 amide bonds. The average molecular weight is 182 g/mol. The van der Waals surface area contributed by atoms with Crippen LogP contribution >= 0.6 is 0 Å². The SMILES string of the molecule is CC.CC1(C)Cn2ccnc2CO1. The number of fused-ring (bicyclic) bond motifs is 1. The second-order valence-electron chi connectivity index (χ2n) is 3.52. The first-order chi connectivity index (χ1) is 6.17. The highest BCUT2D eigenvalue weighted by atomic mass is 16.5. The molecule has 0 saturated carbocycles. The Morgan fingerprint density at radius 2 is 2.15 bits per heavy atom. The zero-order valence-electron chi connectivity index (χ0n) is 8.87. The molecule has 3 heteroatoms. The largest absolute Gasteiger partial charge is 0.366 e. The van der Waals surface area contributed by atoms with E-state index in [1.165, 1.54) is 0 Å². The summed E-state index contributed by atoms with van der Waals surface area (Å²) in [7, 11) is 0. The van der Waals surface area contributed by atoms with Gasteiger partial charge in [-0.3, -0.25) is 0 Å². The third-order valence-electron chi connectivity index (χ3n) is 1.94. The molecule has 0 saturated heterocycles. The maximum absolute atomic E-state index is 5.57. The van der Waals surface area contributed by atoms with Gasteiger partial charge in [0.25, 0.3) is 0 Å². The molecule has 2 heterocycles. The molecular weight excluding hydrogens is 164 g/mol. The molecule has 2 rings (SSSR count). The van der Waals surface area contributed by atoms with E-state index in [1.807, 2.05) is 26.2 Å². The minimum Gasteiger partial charge on any atom is -0.366 e. The van der Waals surface area contributed by atoms with Crippen LogP contribution < -0.4 is 0 Å². The number of aromatic nitrogens is 2. The summed E-state index contributed by atoms with van der Waals surface area (Å²) in [6.07, 6.45) is 3.82. The smallest absolute Gasteiger partial charge is 0.134 e. The summed E-state index contributed by atoms with van der Waals surface area (Å²) in [6.45, 7) is 9.73. The fourth-order valence-electron chi connectivity index (χ4n) is 1.34. The van der Waals surface area contributed by atoms with Gasteiger partial charge in [0, 0.05) is 12.4 Å². The predicted molar refractivity (Wildman–Crippen MR) is 52.4 cm³/mol. The molecule has 0 spiro atoms. The van der Waals surface area contributed by atoms with Crippen molar-refractivity contribution in [3.63, 3.8) is 0 Å². The summed E-state index contributed by atoms with van der Waals surface area (Å²) in [6, 6.07) is 0. The quantitative estimate of drug-likeness (QED) is 0.615. The normalized spacial score (nSPS) is 18.5. The number of rotatable bonds is 0. The molecule has 1 aliphatic rings. The van der Waals surface area contributed by atoms with Crippen molar-refractivity contribution in [2.45, 2.75) is 46.4 Å². The van der Waals surface area contributed by atoms with E-state index >= 15 is 0 Å². The number of hydrogen-bond acceptors (Lipinski definition) is 2. The lowest BCUT2D eigenvalue weighted by molar-refractivity contribution is -0.0645. The molecule has 0 aromatic carbocycles. The molecular formula is C10H18N2O. The lowest BCUT2D eigenvalue weighted by Gasteiger charge is -2.30. The van der Waals surface area contributed by atoms with Gasteiger partial charge in [0.15, 0.2) is 0 Å². The Morgan fingerprint density at radius 1 is 1.46 bits per heavy atom. The molecule has 0 N–H and O–H groups in total. The number of hydrogen-bond donors (Lipinski definition) is 0. The van der Waals surface area contributed by atoms with Crippen molar-refractivity contribution in [2.75, 3.05) is 0 Å². The highest BCUT2D eigenvalue weighted by Crippen LogP contribution is 2.20. The minimum absolute atomic E-state index is 0.0340. The molecule has 0 aliphatic carbocycles. The van der Waals surface area contributed by atoms with Crippen LogP contribution in [0.15, 0.2) is 12.4 Å². The molecule has 3 nitrogen and oxygen atoms in total. The Morgan fingerprint density at radius 3 is 2.85 bits per heavy atom. The van der Waals surface area contributed by atoms with Crippen LogP contribution in [0, 0.1) is 0 Å². The van der Waals surface area contributed by atoms with E-state index in [-0.39, 0.29) is 5.60 Å². The summed E-state index contributed by atoms with van der Waals surface area (Å²) in [4.78, 5) is 4.16. The maximum Gasteiger partial charge on any atom is 0.134 e. The molecule has 74 valence electrons. The summed E-state index contributed by atoms with van der Waals surface area (Å²) >= 11 is 0. The topological polar surface area (TPSA) is 27.1 Å².